The number of nitrogens with zero attached hydrogens (tertiary/aromatic N) is 2. The van der Waals surface area contributed by atoms with Gasteiger partial charge < -0.3 is 0 Å². The Labute approximate surface area is 199 Å². The van der Waals surface area contributed by atoms with Crippen molar-refractivity contribution in [2.75, 3.05) is 13.1 Å². The fraction of sp³-hybridized carbons (Fsp3) is 0.348. The Morgan fingerprint density at radius 3 is 2.41 bits per heavy atom. The lowest BCUT2D eigenvalue weighted by molar-refractivity contribution is 0.206. The first kappa shape index (κ1) is 23.1. The lowest BCUT2D eigenvalue weighted by atomic mass is 10.0. The van der Waals surface area contributed by atoms with Crippen LogP contribution in [-0.2, 0) is 23.2 Å². The van der Waals surface area contributed by atoms with Crippen LogP contribution >= 0.6 is 23.2 Å². The quantitative estimate of drug-likeness (QED) is 0.655. The fourth-order valence-electron chi connectivity index (χ4n) is 4.03. The van der Waals surface area contributed by atoms with E-state index < -0.39 is 10.2 Å². The number of nitrogens with one attached hydrogen (secondary N) is 2. The molecule has 2 aromatic carbocycles. The van der Waals surface area contributed by atoms with Crippen LogP contribution < -0.4 is 9.44 Å². The monoisotopic (exact) mass is 492 g/mol. The molecule has 0 aliphatic carbocycles. The Hall–Kier alpha value is -2.06. The molecule has 32 heavy (non-hydrogen) atoms. The standard InChI is InChI=1S/C23H26Cl2N4O2S/c1-16-5-2-3-6-17(16)15-29-11-9-18(10-12-29)26-23-14-19(27-32(30,31)28-23)13-20-21(24)7-4-8-22(20)25/h2-8,14,18,27H,9-13,15H2,1H3,(H,26,28). The van der Waals surface area contributed by atoms with Crippen molar-refractivity contribution in [3.63, 3.8) is 0 Å². The van der Waals surface area contributed by atoms with E-state index in [1.807, 2.05) is 0 Å². The molecule has 2 heterocycles. The highest BCUT2D eigenvalue weighted by atomic mass is 35.5. The average Bonchev–Trinajstić information content (AvgIpc) is 2.73. The maximum atomic E-state index is 12.3. The Kier molecular flexibility index (Phi) is 7.10. The number of allylic oxidation sites excluding steroid dienone is 1. The minimum Gasteiger partial charge on any atom is -0.299 e. The van der Waals surface area contributed by atoms with Crippen molar-refractivity contribution in [1.82, 2.24) is 14.3 Å². The van der Waals surface area contributed by atoms with E-state index in [1.165, 1.54) is 11.1 Å². The molecule has 0 radical (unpaired) electrons. The highest BCUT2D eigenvalue weighted by molar-refractivity contribution is 7.88. The maximum absolute atomic E-state index is 12.3. The van der Waals surface area contributed by atoms with Crippen molar-refractivity contribution in [3.8, 4) is 0 Å². The van der Waals surface area contributed by atoms with Gasteiger partial charge in [0.1, 0.15) is 5.84 Å². The van der Waals surface area contributed by atoms with E-state index in [-0.39, 0.29) is 12.5 Å². The van der Waals surface area contributed by atoms with E-state index in [0.717, 1.165) is 32.5 Å². The maximum Gasteiger partial charge on any atom is 0.322 e. The molecule has 6 nitrogen and oxygen atoms in total. The van der Waals surface area contributed by atoms with Crippen LogP contribution in [0.5, 0.6) is 0 Å². The third-order valence-corrected chi connectivity index (χ3v) is 7.50. The van der Waals surface area contributed by atoms with Crippen LogP contribution in [0.1, 0.15) is 29.5 Å². The number of hydrogen-bond acceptors (Lipinski definition) is 4. The molecule has 2 N–H and O–H groups in total. The van der Waals surface area contributed by atoms with Gasteiger partial charge in [0.25, 0.3) is 0 Å². The predicted octanol–water partition coefficient (Wildman–Crippen LogP) is 4.23. The zero-order valence-electron chi connectivity index (χ0n) is 17.8. The van der Waals surface area contributed by atoms with E-state index >= 15 is 0 Å². The van der Waals surface area contributed by atoms with Crippen LogP contribution in [0.3, 0.4) is 0 Å². The predicted molar refractivity (Wildman–Crippen MR) is 130 cm³/mol. The van der Waals surface area contributed by atoms with E-state index in [0.29, 0.717) is 27.1 Å². The van der Waals surface area contributed by atoms with Gasteiger partial charge in [-0.2, -0.15) is 8.42 Å². The second kappa shape index (κ2) is 9.83. The molecule has 2 aliphatic heterocycles. The summed E-state index contributed by atoms with van der Waals surface area (Å²) in [6.45, 7) is 4.91. The number of aryl methyl sites for hydroxylation is 1. The summed E-state index contributed by atoms with van der Waals surface area (Å²) in [6.07, 6.45) is 3.75. The molecular formula is C23H26Cl2N4O2S. The van der Waals surface area contributed by atoms with Crippen LogP contribution in [0.15, 0.2) is 59.2 Å². The van der Waals surface area contributed by atoms with E-state index in [1.54, 1.807) is 24.3 Å². The summed E-state index contributed by atoms with van der Waals surface area (Å²) in [7, 11) is -3.73. The van der Waals surface area contributed by atoms with Gasteiger partial charge in [-0.05, 0) is 48.6 Å². The first-order valence-corrected chi connectivity index (χ1v) is 12.8. The number of hydrogen-bond donors (Lipinski definition) is 2. The Morgan fingerprint density at radius 2 is 1.72 bits per heavy atom. The molecule has 0 amide bonds. The average molecular weight is 493 g/mol. The molecule has 1 fully saturated rings. The number of halogens is 2. The normalized spacial score (nSPS) is 20.5. The Balaban J connectivity index is 1.44. The molecule has 4 rings (SSSR count). The van der Waals surface area contributed by atoms with Crippen LogP contribution in [0.2, 0.25) is 10.0 Å². The molecule has 2 aromatic rings. The van der Waals surface area contributed by atoms with Gasteiger partial charge in [0.2, 0.25) is 0 Å². The molecule has 0 bridgehead atoms. The van der Waals surface area contributed by atoms with Crippen molar-refractivity contribution < 1.29 is 8.42 Å². The van der Waals surface area contributed by atoms with E-state index in [9.17, 15) is 8.42 Å². The fourth-order valence-corrected chi connectivity index (χ4v) is 5.48. The summed E-state index contributed by atoms with van der Waals surface area (Å²) in [5.41, 5.74) is 3.80. The third-order valence-electron chi connectivity index (χ3n) is 5.78. The Bertz CT molecular complexity index is 1140. The number of rotatable bonds is 5. The van der Waals surface area contributed by atoms with Crippen LogP contribution in [0.4, 0.5) is 0 Å². The molecule has 0 spiro atoms. The largest absolute Gasteiger partial charge is 0.322 e. The van der Waals surface area contributed by atoms with Gasteiger partial charge in [0.05, 0.1) is 6.04 Å². The van der Waals surface area contributed by atoms with Crippen LogP contribution in [0, 0.1) is 6.92 Å². The molecule has 1 saturated heterocycles. The summed E-state index contributed by atoms with van der Waals surface area (Å²) in [5, 5.41) is 0.992. The first-order valence-electron chi connectivity index (χ1n) is 10.6. The number of amidine groups is 1. The lowest BCUT2D eigenvalue weighted by Gasteiger charge is -2.31. The smallest absolute Gasteiger partial charge is 0.299 e. The zero-order valence-corrected chi connectivity index (χ0v) is 20.1. The van der Waals surface area contributed by atoms with Crippen LogP contribution in [-0.4, -0.2) is 38.3 Å². The molecule has 9 heteroatoms. The molecule has 0 unspecified atom stereocenters. The van der Waals surface area contributed by atoms with Crippen molar-refractivity contribution >= 4 is 39.2 Å². The summed E-state index contributed by atoms with van der Waals surface area (Å²) >= 11 is 12.5. The number of aliphatic imine (C=N–C) groups is 1. The second-order valence-electron chi connectivity index (χ2n) is 8.20. The van der Waals surface area contributed by atoms with E-state index in [2.05, 4.69) is 45.5 Å². The summed E-state index contributed by atoms with van der Waals surface area (Å²) in [4.78, 5) is 7.13. The van der Waals surface area contributed by atoms with Gasteiger partial charge in [-0.1, -0.05) is 53.5 Å². The lowest BCUT2D eigenvalue weighted by Crippen LogP contribution is -2.45. The number of likely N-dealkylation sites (tertiary alicyclic amines) is 1. The number of benzene rings is 2. The summed E-state index contributed by atoms with van der Waals surface area (Å²) in [6, 6.07) is 13.7. The van der Waals surface area contributed by atoms with Crippen molar-refractivity contribution in [2.24, 2.45) is 4.99 Å². The number of piperidine rings is 1. The van der Waals surface area contributed by atoms with Gasteiger partial charge in [-0.25, -0.2) is 0 Å². The molecule has 2 aliphatic rings. The molecular weight excluding hydrogens is 467 g/mol. The van der Waals surface area contributed by atoms with Gasteiger partial charge in [0, 0.05) is 47.9 Å². The van der Waals surface area contributed by atoms with Crippen LogP contribution in [0.25, 0.3) is 0 Å². The minimum absolute atomic E-state index is 0.0697. The van der Waals surface area contributed by atoms with Crippen molar-refractivity contribution in [3.05, 3.63) is 81.0 Å². The highest BCUT2D eigenvalue weighted by Gasteiger charge is 2.24. The van der Waals surface area contributed by atoms with Gasteiger partial charge in [0.15, 0.2) is 0 Å². The SMILES string of the molecule is Cc1ccccc1CN1CCC(N=C2C=C(Cc3c(Cl)cccc3Cl)NS(=O)(=O)N2)CC1. The van der Waals surface area contributed by atoms with E-state index in [4.69, 9.17) is 28.2 Å². The zero-order chi connectivity index (χ0) is 22.7. The third kappa shape index (κ3) is 5.84. The summed E-state index contributed by atoms with van der Waals surface area (Å²) < 4.78 is 29.7. The van der Waals surface area contributed by atoms with Gasteiger partial charge >= 0.3 is 10.2 Å². The van der Waals surface area contributed by atoms with Crippen molar-refractivity contribution in [2.45, 2.75) is 38.8 Å². The van der Waals surface area contributed by atoms with Gasteiger partial charge in [-0.3, -0.25) is 19.3 Å². The molecule has 0 saturated carbocycles. The molecule has 0 atom stereocenters. The summed E-state index contributed by atoms with van der Waals surface area (Å²) in [5.74, 6) is 0.347. The minimum atomic E-state index is -3.73. The topological polar surface area (TPSA) is 73.8 Å². The first-order chi connectivity index (χ1) is 15.3. The second-order valence-corrected chi connectivity index (χ2v) is 10.4. The Morgan fingerprint density at radius 1 is 1.03 bits per heavy atom. The molecule has 170 valence electrons. The highest BCUT2D eigenvalue weighted by Crippen LogP contribution is 2.27. The van der Waals surface area contributed by atoms with Gasteiger partial charge in [-0.15, -0.1) is 0 Å². The molecule has 0 aromatic heterocycles. The van der Waals surface area contributed by atoms with Crippen molar-refractivity contribution in [1.29, 1.82) is 0 Å².